The van der Waals surface area contributed by atoms with Crippen molar-refractivity contribution in [3.8, 4) is 0 Å². The molecule has 0 unspecified atom stereocenters. The van der Waals surface area contributed by atoms with Crippen molar-refractivity contribution < 1.29 is 4.39 Å². The molecule has 0 bridgehead atoms. The first kappa shape index (κ1) is 13.6. The van der Waals surface area contributed by atoms with Crippen LogP contribution in [-0.2, 0) is 13.0 Å². The number of rotatable bonds is 2. The number of benzene rings is 2. The summed E-state index contributed by atoms with van der Waals surface area (Å²) in [6, 6.07) is 13.2. The number of fused-ring (bicyclic) bond motifs is 1. The van der Waals surface area contributed by atoms with E-state index in [1.54, 1.807) is 6.07 Å². The summed E-state index contributed by atoms with van der Waals surface area (Å²) < 4.78 is 14.0. The van der Waals surface area contributed by atoms with Gasteiger partial charge in [-0.2, -0.15) is 0 Å². The maximum Gasteiger partial charge on any atom is 0.136 e. The number of halogens is 1. The van der Waals surface area contributed by atoms with Crippen molar-refractivity contribution in [2.75, 3.05) is 11.4 Å². The van der Waals surface area contributed by atoms with Crippen LogP contribution in [-0.4, -0.2) is 12.4 Å². The van der Waals surface area contributed by atoms with Crippen LogP contribution in [0.2, 0.25) is 0 Å². The molecule has 21 heavy (non-hydrogen) atoms. The molecule has 2 aromatic carbocycles. The van der Waals surface area contributed by atoms with E-state index in [-0.39, 0.29) is 11.4 Å². The molecule has 3 rings (SSSR count). The lowest BCUT2D eigenvalue weighted by atomic mass is 10.0. The van der Waals surface area contributed by atoms with Crippen molar-refractivity contribution in [3.63, 3.8) is 0 Å². The molecule has 1 aliphatic rings. The number of nitrogens with two attached hydrogens (primary N) is 1. The summed E-state index contributed by atoms with van der Waals surface area (Å²) in [6.07, 6.45) is 2.03. The van der Waals surface area contributed by atoms with Gasteiger partial charge in [0.2, 0.25) is 0 Å². The Balaban J connectivity index is 2.02. The zero-order chi connectivity index (χ0) is 14.8. The largest absolute Gasteiger partial charge is 0.384 e. The van der Waals surface area contributed by atoms with Crippen LogP contribution >= 0.6 is 0 Å². The molecular weight excluding hydrogens is 265 g/mol. The SMILES string of the molecule is N=C(N)c1c(F)cccc1N1CCCc2ccccc2C1. The average molecular weight is 283 g/mol. The molecule has 108 valence electrons. The van der Waals surface area contributed by atoms with E-state index in [1.807, 2.05) is 12.1 Å². The number of nitrogens with zero attached hydrogens (tertiary/aromatic N) is 1. The fourth-order valence-electron chi connectivity index (χ4n) is 2.95. The molecule has 0 aromatic heterocycles. The molecule has 0 aliphatic carbocycles. The molecule has 3 N–H and O–H groups in total. The topological polar surface area (TPSA) is 53.1 Å². The smallest absolute Gasteiger partial charge is 0.136 e. The van der Waals surface area contributed by atoms with Gasteiger partial charge in [0, 0.05) is 13.1 Å². The molecule has 0 saturated heterocycles. The van der Waals surface area contributed by atoms with Crippen molar-refractivity contribution in [2.45, 2.75) is 19.4 Å². The number of nitrogens with one attached hydrogen (secondary N) is 1. The van der Waals surface area contributed by atoms with E-state index < -0.39 is 5.82 Å². The minimum absolute atomic E-state index is 0.205. The Labute approximate surface area is 123 Å². The van der Waals surface area contributed by atoms with E-state index >= 15 is 0 Å². The second-order valence-electron chi connectivity index (χ2n) is 5.34. The van der Waals surface area contributed by atoms with Gasteiger partial charge < -0.3 is 10.6 Å². The van der Waals surface area contributed by atoms with Crippen LogP contribution in [0.25, 0.3) is 0 Å². The summed E-state index contributed by atoms with van der Waals surface area (Å²) in [6.45, 7) is 1.55. The Morgan fingerprint density at radius 3 is 2.62 bits per heavy atom. The van der Waals surface area contributed by atoms with E-state index in [0.29, 0.717) is 5.69 Å². The number of hydrogen-bond donors (Lipinski definition) is 2. The van der Waals surface area contributed by atoms with Gasteiger partial charge in [0.15, 0.2) is 0 Å². The second-order valence-corrected chi connectivity index (χ2v) is 5.34. The fourth-order valence-corrected chi connectivity index (χ4v) is 2.95. The third-order valence-corrected chi connectivity index (χ3v) is 3.96. The third-order valence-electron chi connectivity index (χ3n) is 3.96. The Morgan fingerprint density at radius 1 is 1.10 bits per heavy atom. The lowest BCUT2D eigenvalue weighted by Gasteiger charge is -2.25. The first-order chi connectivity index (χ1) is 10.2. The van der Waals surface area contributed by atoms with Gasteiger partial charge in [-0.05, 0) is 36.1 Å². The Bertz CT molecular complexity index is 681. The van der Waals surface area contributed by atoms with Crippen LogP contribution in [0.4, 0.5) is 10.1 Å². The van der Waals surface area contributed by atoms with Crippen LogP contribution in [0.15, 0.2) is 42.5 Å². The minimum Gasteiger partial charge on any atom is -0.384 e. The van der Waals surface area contributed by atoms with Crippen LogP contribution < -0.4 is 10.6 Å². The van der Waals surface area contributed by atoms with E-state index in [9.17, 15) is 4.39 Å². The van der Waals surface area contributed by atoms with Crippen LogP contribution in [0.3, 0.4) is 0 Å². The monoisotopic (exact) mass is 283 g/mol. The third kappa shape index (κ3) is 2.61. The number of anilines is 1. The average Bonchev–Trinajstić information content (AvgIpc) is 2.68. The summed E-state index contributed by atoms with van der Waals surface area (Å²) in [5.41, 5.74) is 9.09. The molecule has 0 atom stereocenters. The standard InChI is InChI=1S/C17H18FN3/c18-14-8-3-9-15(16(14)17(19)20)21-10-4-7-12-5-1-2-6-13(12)11-21/h1-3,5-6,8-9H,4,7,10-11H2,(H3,19,20). The van der Waals surface area contributed by atoms with Crippen molar-refractivity contribution in [2.24, 2.45) is 5.73 Å². The number of aryl methyl sites for hydroxylation is 1. The van der Waals surface area contributed by atoms with Gasteiger partial charge in [-0.3, -0.25) is 5.41 Å². The molecule has 0 saturated carbocycles. The molecule has 4 heteroatoms. The highest BCUT2D eigenvalue weighted by Gasteiger charge is 2.20. The molecule has 3 nitrogen and oxygen atoms in total. The molecule has 1 heterocycles. The van der Waals surface area contributed by atoms with Gasteiger partial charge in [0.1, 0.15) is 11.7 Å². The van der Waals surface area contributed by atoms with Gasteiger partial charge >= 0.3 is 0 Å². The van der Waals surface area contributed by atoms with Crippen LogP contribution in [0.5, 0.6) is 0 Å². The molecule has 0 amide bonds. The van der Waals surface area contributed by atoms with Gasteiger partial charge in [-0.1, -0.05) is 30.3 Å². The maximum absolute atomic E-state index is 14.0. The van der Waals surface area contributed by atoms with Crippen molar-refractivity contribution in [3.05, 3.63) is 65.0 Å². The number of hydrogen-bond acceptors (Lipinski definition) is 2. The summed E-state index contributed by atoms with van der Waals surface area (Å²) in [5, 5.41) is 7.65. The van der Waals surface area contributed by atoms with E-state index in [1.165, 1.54) is 17.2 Å². The van der Waals surface area contributed by atoms with Crippen LogP contribution in [0, 0.1) is 11.2 Å². The molecule has 0 spiro atoms. The molecule has 2 aromatic rings. The highest BCUT2D eigenvalue weighted by molar-refractivity contribution is 6.00. The van der Waals surface area contributed by atoms with E-state index in [4.69, 9.17) is 11.1 Å². The summed E-state index contributed by atoms with van der Waals surface area (Å²) >= 11 is 0. The summed E-state index contributed by atoms with van der Waals surface area (Å²) in [4.78, 5) is 2.12. The molecule has 1 aliphatic heterocycles. The molecule has 0 radical (unpaired) electrons. The van der Waals surface area contributed by atoms with E-state index in [2.05, 4.69) is 23.1 Å². The normalized spacial score (nSPS) is 14.4. The number of amidine groups is 1. The van der Waals surface area contributed by atoms with E-state index in [0.717, 1.165) is 25.9 Å². The summed E-state index contributed by atoms with van der Waals surface area (Å²) in [5.74, 6) is -0.654. The van der Waals surface area contributed by atoms with Gasteiger partial charge in [-0.25, -0.2) is 4.39 Å². The first-order valence-corrected chi connectivity index (χ1v) is 7.11. The van der Waals surface area contributed by atoms with Gasteiger partial charge in [0.25, 0.3) is 0 Å². The summed E-state index contributed by atoms with van der Waals surface area (Å²) in [7, 11) is 0. The zero-order valence-corrected chi connectivity index (χ0v) is 11.8. The lowest BCUT2D eigenvalue weighted by molar-refractivity contribution is 0.623. The zero-order valence-electron chi connectivity index (χ0n) is 11.8. The lowest BCUT2D eigenvalue weighted by Crippen LogP contribution is -2.27. The fraction of sp³-hybridized carbons (Fsp3) is 0.235. The van der Waals surface area contributed by atoms with Crippen molar-refractivity contribution in [1.29, 1.82) is 5.41 Å². The number of nitrogen functional groups attached to an aromatic ring is 1. The molecule has 0 fully saturated rings. The quantitative estimate of drug-likeness (QED) is 0.657. The van der Waals surface area contributed by atoms with Crippen molar-refractivity contribution >= 4 is 11.5 Å². The Kier molecular flexibility index (Phi) is 3.60. The predicted octanol–water partition coefficient (Wildman–Crippen LogP) is 3.06. The molecular formula is C17H18FN3. The predicted molar refractivity (Wildman–Crippen MR) is 83.2 cm³/mol. The van der Waals surface area contributed by atoms with Crippen molar-refractivity contribution in [1.82, 2.24) is 0 Å². The van der Waals surface area contributed by atoms with Gasteiger partial charge in [0.05, 0.1) is 11.3 Å². The van der Waals surface area contributed by atoms with Gasteiger partial charge in [-0.15, -0.1) is 0 Å². The second kappa shape index (κ2) is 5.56. The van der Waals surface area contributed by atoms with Crippen LogP contribution in [0.1, 0.15) is 23.1 Å². The maximum atomic E-state index is 14.0. The first-order valence-electron chi connectivity index (χ1n) is 7.11. The highest BCUT2D eigenvalue weighted by atomic mass is 19.1. The highest BCUT2D eigenvalue weighted by Crippen LogP contribution is 2.28. The Morgan fingerprint density at radius 2 is 1.86 bits per heavy atom. The Hall–Kier alpha value is -2.36. The minimum atomic E-state index is -0.433.